The highest BCUT2D eigenvalue weighted by molar-refractivity contribution is 6.30. The minimum atomic E-state index is -4.52. The number of benzene rings is 3. The van der Waals surface area contributed by atoms with E-state index in [1.165, 1.54) is 36.4 Å². The van der Waals surface area contributed by atoms with Crippen molar-refractivity contribution in [1.29, 1.82) is 0 Å². The summed E-state index contributed by atoms with van der Waals surface area (Å²) >= 11 is 5.80. The van der Waals surface area contributed by atoms with Crippen molar-refractivity contribution in [3.8, 4) is 0 Å². The summed E-state index contributed by atoms with van der Waals surface area (Å²) in [5.41, 5.74) is -0.227. The first kappa shape index (κ1) is 20.4. The Bertz CT molecular complexity index is 1050. The van der Waals surface area contributed by atoms with Crippen LogP contribution in [0.1, 0.15) is 26.3 Å². The Morgan fingerprint density at radius 3 is 2.17 bits per heavy atom. The van der Waals surface area contributed by atoms with Crippen LogP contribution < -0.4 is 10.6 Å². The number of halogens is 4. The number of anilines is 2. The van der Waals surface area contributed by atoms with Gasteiger partial charge >= 0.3 is 6.18 Å². The summed E-state index contributed by atoms with van der Waals surface area (Å²) in [7, 11) is 0. The van der Waals surface area contributed by atoms with Crippen molar-refractivity contribution in [3.63, 3.8) is 0 Å². The van der Waals surface area contributed by atoms with Crippen LogP contribution in [0.15, 0.2) is 72.8 Å². The molecule has 3 rings (SSSR count). The number of carbonyl (C=O) groups is 2. The summed E-state index contributed by atoms with van der Waals surface area (Å²) in [6, 6.07) is 16.7. The normalized spacial score (nSPS) is 11.0. The van der Waals surface area contributed by atoms with Gasteiger partial charge in [0.25, 0.3) is 11.8 Å². The second kappa shape index (κ2) is 8.36. The second-order valence-electron chi connectivity index (χ2n) is 6.04. The first-order valence-electron chi connectivity index (χ1n) is 8.38. The monoisotopic (exact) mass is 418 g/mol. The van der Waals surface area contributed by atoms with Gasteiger partial charge in [-0.15, -0.1) is 0 Å². The van der Waals surface area contributed by atoms with Gasteiger partial charge in [-0.2, -0.15) is 13.2 Å². The van der Waals surface area contributed by atoms with E-state index in [1.54, 1.807) is 24.3 Å². The number of amides is 2. The Morgan fingerprint density at radius 2 is 1.48 bits per heavy atom. The van der Waals surface area contributed by atoms with E-state index in [9.17, 15) is 22.8 Å². The fourth-order valence-corrected chi connectivity index (χ4v) is 2.68. The first-order valence-corrected chi connectivity index (χ1v) is 8.76. The third kappa shape index (κ3) is 5.14. The minimum absolute atomic E-state index is 0.0105. The molecule has 0 radical (unpaired) electrons. The third-order valence-corrected chi connectivity index (χ3v) is 4.23. The lowest BCUT2D eigenvalue weighted by atomic mass is 10.1. The van der Waals surface area contributed by atoms with Gasteiger partial charge in [-0.3, -0.25) is 9.59 Å². The summed E-state index contributed by atoms with van der Waals surface area (Å²) in [5.74, 6) is -1.11. The minimum Gasteiger partial charge on any atom is -0.322 e. The SMILES string of the molecule is O=C(Nc1ccccc1C(=O)Nc1cccc(C(F)(F)F)c1)c1ccc(Cl)cc1. The molecule has 0 bridgehead atoms. The van der Waals surface area contributed by atoms with E-state index in [0.29, 0.717) is 10.6 Å². The average Bonchev–Trinajstić information content (AvgIpc) is 2.68. The van der Waals surface area contributed by atoms with Crippen LogP contribution in [0.2, 0.25) is 5.02 Å². The highest BCUT2D eigenvalue weighted by atomic mass is 35.5. The molecule has 0 aliphatic rings. The molecule has 2 amide bonds. The lowest BCUT2D eigenvalue weighted by Crippen LogP contribution is -2.18. The Balaban J connectivity index is 1.80. The molecule has 148 valence electrons. The maximum atomic E-state index is 12.9. The van der Waals surface area contributed by atoms with Gasteiger partial charge in [0, 0.05) is 16.3 Å². The van der Waals surface area contributed by atoms with E-state index in [4.69, 9.17) is 11.6 Å². The Kier molecular flexibility index (Phi) is 5.89. The largest absolute Gasteiger partial charge is 0.416 e. The second-order valence-corrected chi connectivity index (χ2v) is 6.48. The van der Waals surface area contributed by atoms with Gasteiger partial charge < -0.3 is 10.6 Å². The number of rotatable bonds is 4. The van der Waals surface area contributed by atoms with Crippen molar-refractivity contribution < 1.29 is 22.8 Å². The predicted octanol–water partition coefficient (Wildman–Crippen LogP) is 5.86. The van der Waals surface area contributed by atoms with E-state index >= 15 is 0 Å². The van der Waals surface area contributed by atoms with Crippen LogP contribution in [-0.2, 0) is 6.18 Å². The third-order valence-electron chi connectivity index (χ3n) is 3.97. The van der Waals surface area contributed by atoms with Gasteiger partial charge in [0.1, 0.15) is 0 Å². The fraction of sp³-hybridized carbons (Fsp3) is 0.0476. The lowest BCUT2D eigenvalue weighted by Gasteiger charge is -2.13. The number of para-hydroxylation sites is 1. The number of carbonyl (C=O) groups excluding carboxylic acids is 2. The maximum Gasteiger partial charge on any atom is 0.416 e. The number of nitrogens with one attached hydrogen (secondary N) is 2. The maximum absolute atomic E-state index is 12.9. The van der Waals surface area contributed by atoms with E-state index in [0.717, 1.165) is 12.1 Å². The standard InChI is InChI=1S/C21H14ClF3N2O2/c22-15-10-8-13(9-11-15)19(28)27-18-7-2-1-6-17(18)20(29)26-16-5-3-4-14(12-16)21(23,24)25/h1-12H,(H,26,29)(H,27,28). The quantitative estimate of drug-likeness (QED) is 0.557. The van der Waals surface area contributed by atoms with E-state index < -0.39 is 23.6 Å². The van der Waals surface area contributed by atoms with Crippen molar-refractivity contribution in [1.82, 2.24) is 0 Å². The summed E-state index contributed by atoms with van der Waals surface area (Å²) in [4.78, 5) is 25.0. The molecule has 0 unspecified atom stereocenters. The molecule has 0 fully saturated rings. The van der Waals surface area contributed by atoms with E-state index in [2.05, 4.69) is 10.6 Å². The van der Waals surface area contributed by atoms with Crippen LogP contribution in [0.4, 0.5) is 24.5 Å². The van der Waals surface area contributed by atoms with Gasteiger partial charge in [0.05, 0.1) is 16.8 Å². The molecule has 2 N–H and O–H groups in total. The molecule has 3 aromatic rings. The Labute approximate surface area is 169 Å². The molecule has 0 saturated carbocycles. The van der Waals surface area contributed by atoms with Crippen molar-refractivity contribution in [3.05, 3.63) is 94.5 Å². The van der Waals surface area contributed by atoms with Crippen LogP contribution in [0, 0.1) is 0 Å². The molecule has 3 aromatic carbocycles. The lowest BCUT2D eigenvalue weighted by molar-refractivity contribution is -0.137. The average molecular weight is 419 g/mol. The van der Waals surface area contributed by atoms with Crippen molar-refractivity contribution in [2.75, 3.05) is 10.6 Å². The summed E-state index contributed by atoms with van der Waals surface area (Å²) < 4.78 is 38.6. The van der Waals surface area contributed by atoms with Crippen molar-refractivity contribution in [2.24, 2.45) is 0 Å². The fourth-order valence-electron chi connectivity index (χ4n) is 2.56. The van der Waals surface area contributed by atoms with Crippen molar-refractivity contribution >= 4 is 34.8 Å². The number of hydrogen-bond acceptors (Lipinski definition) is 2. The smallest absolute Gasteiger partial charge is 0.322 e. The molecule has 8 heteroatoms. The topological polar surface area (TPSA) is 58.2 Å². The van der Waals surface area contributed by atoms with Crippen LogP contribution in [-0.4, -0.2) is 11.8 Å². The van der Waals surface area contributed by atoms with Crippen molar-refractivity contribution in [2.45, 2.75) is 6.18 Å². The molecule has 0 aliphatic carbocycles. The van der Waals surface area contributed by atoms with Gasteiger partial charge in [-0.05, 0) is 54.6 Å². The molecular weight excluding hydrogens is 405 g/mol. The number of hydrogen-bond donors (Lipinski definition) is 2. The van der Waals surface area contributed by atoms with Gasteiger partial charge in [-0.1, -0.05) is 29.8 Å². The van der Waals surface area contributed by atoms with Crippen LogP contribution in [0.25, 0.3) is 0 Å². The van der Waals surface area contributed by atoms with Crippen LogP contribution in [0.5, 0.6) is 0 Å². The summed E-state index contributed by atoms with van der Waals surface area (Å²) in [5, 5.41) is 5.52. The molecule has 0 atom stereocenters. The molecule has 0 saturated heterocycles. The summed E-state index contributed by atoms with van der Waals surface area (Å²) in [6.07, 6.45) is -4.52. The van der Waals surface area contributed by atoms with Gasteiger partial charge in [-0.25, -0.2) is 0 Å². The highest BCUT2D eigenvalue weighted by Gasteiger charge is 2.30. The highest BCUT2D eigenvalue weighted by Crippen LogP contribution is 2.31. The molecule has 0 spiro atoms. The van der Waals surface area contributed by atoms with E-state index in [1.807, 2.05) is 0 Å². The predicted molar refractivity (Wildman–Crippen MR) is 105 cm³/mol. The first-order chi connectivity index (χ1) is 13.7. The molecule has 0 aromatic heterocycles. The molecule has 4 nitrogen and oxygen atoms in total. The number of alkyl halides is 3. The zero-order valence-electron chi connectivity index (χ0n) is 14.8. The Hall–Kier alpha value is -3.32. The van der Waals surface area contributed by atoms with Crippen LogP contribution >= 0.6 is 11.6 Å². The van der Waals surface area contributed by atoms with Crippen LogP contribution in [0.3, 0.4) is 0 Å². The molecule has 29 heavy (non-hydrogen) atoms. The van der Waals surface area contributed by atoms with Gasteiger partial charge in [0.15, 0.2) is 0 Å². The molecular formula is C21H14ClF3N2O2. The molecule has 0 heterocycles. The Morgan fingerprint density at radius 1 is 0.793 bits per heavy atom. The summed E-state index contributed by atoms with van der Waals surface area (Å²) in [6.45, 7) is 0. The van der Waals surface area contributed by atoms with Gasteiger partial charge in [0.2, 0.25) is 0 Å². The molecule has 0 aliphatic heterocycles. The zero-order valence-corrected chi connectivity index (χ0v) is 15.5. The zero-order chi connectivity index (χ0) is 21.0. The van der Waals surface area contributed by atoms with E-state index in [-0.39, 0.29) is 16.9 Å².